The highest BCUT2D eigenvalue weighted by atomic mass is 16.3. The van der Waals surface area contributed by atoms with Gasteiger partial charge in [-0.2, -0.15) is 0 Å². The van der Waals surface area contributed by atoms with E-state index in [2.05, 4.69) is 24.5 Å². The molecule has 1 saturated carbocycles. The van der Waals surface area contributed by atoms with Crippen LogP contribution in [0.2, 0.25) is 0 Å². The number of rotatable bonds is 8. The van der Waals surface area contributed by atoms with E-state index in [9.17, 15) is 9.90 Å². The second-order valence-electron chi connectivity index (χ2n) is 5.50. The Bertz CT molecular complexity index is 238. The van der Waals surface area contributed by atoms with Gasteiger partial charge in [0.1, 0.15) is 0 Å². The number of aliphatic hydroxyl groups is 1. The molecule has 0 aromatic carbocycles. The lowest BCUT2D eigenvalue weighted by Crippen LogP contribution is -2.44. The molecule has 0 aromatic rings. The Morgan fingerprint density at radius 2 is 1.89 bits per heavy atom. The number of hydrogen-bond acceptors (Lipinski definition) is 3. The highest BCUT2D eigenvalue weighted by molar-refractivity contribution is 5.78. The fraction of sp³-hybridized carbons (Fsp3) is 0.929. The van der Waals surface area contributed by atoms with Gasteiger partial charge in [-0.15, -0.1) is 0 Å². The minimum Gasteiger partial charge on any atom is -0.396 e. The van der Waals surface area contributed by atoms with E-state index in [1.807, 2.05) is 0 Å². The van der Waals surface area contributed by atoms with Crippen molar-refractivity contribution in [2.75, 3.05) is 19.7 Å². The summed E-state index contributed by atoms with van der Waals surface area (Å²) in [7, 11) is 0. The molecule has 0 aliphatic heterocycles. The van der Waals surface area contributed by atoms with E-state index in [-0.39, 0.29) is 17.9 Å². The summed E-state index contributed by atoms with van der Waals surface area (Å²) in [6, 6.07) is 0.524. The topological polar surface area (TPSA) is 61.4 Å². The zero-order chi connectivity index (χ0) is 13.4. The Kier molecular flexibility index (Phi) is 6.65. The van der Waals surface area contributed by atoms with Crippen LogP contribution in [0.1, 0.15) is 52.4 Å². The van der Waals surface area contributed by atoms with Crippen LogP contribution in [0.3, 0.4) is 0 Å². The van der Waals surface area contributed by atoms with Crippen molar-refractivity contribution in [1.82, 2.24) is 10.6 Å². The fourth-order valence-electron chi connectivity index (χ4n) is 2.50. The highest BCUT2D eigenvalue weighted by Crippen LogP contribution is 2.24. The molecule has 1 aliphatic carbocycles. The summed E-state index contributed by atoms with van der Waals surface area (Å²) in [5, 5.41) is 15.7. The number of carbonyl (C=O) groups is 1. The molecule has 1 fully saturated rings. The molecule has 0 saturated heterocycles. The van der Waals surface area contributed by atoms with Crippen LogP contribution in [0, 0.1) is 5.41 Å². The van der Waals surface area contributed by atoms with Gasteiger partial charge in [0.25, 0.3) is 0 Å². The first-order valence-corrected chi connectivity index (χ1v) is 7.26. The molecule has 1 rings (SSSR count). The van der Waals surface area contributed by atoms with Gasteiger partial charge in [-0.1, -0.05) is 26.7 Å². The zero-order valence-electron chi connectivity index (χ0n) is 11.8. The summed E-state index contributed by atoms with van der Waals surface area (Å²) >= 11 is 0. The van der Waals surface area contributed by atoms with Crippen molar-refractivity contribution in [1.29, 1.82) is 0 Å². The number of hydrogen-bond donors (Lipinski definition) is 3. The third-order valence-electron chi connectivity index (χ3n) is 4.40. The minimum absolute atomic E-state index is 0.0432. The summed E-state index contributed by atoms with van der Waals surface area (Å²) in [6.45, 7) is 5.23. The quantitative estimate of drug-likeness (QED) is 0.616. The Morgan fingerprint density at radius 3 is 2.39 bits per heavy atom. The van der Waals surface area contributed by atoms with Crippen molar-refractivity contribution in [3.05, 3.63) is 0 Å². The van der Waals surface area contributed by atoms with Crippen LogP contribution < -0.4 is 10.6 Å². The molecule has 0 aromatic heterocycles. The largest absolute Gasteiger partial charge is 0.396 e. The predicted molar refractivity (Wildman–Crippen MR) is 73.4 cm³/mol. The van der Waals surface area contributed by atoms with Gasteiger partial charge in [0.15, 0.2) is 0 Å². The van der Waals surface area contributed by atoms with Gasteiger partial charge >= 0.3 is 0 Å². The first kappa shape index (κ1) is 15.4. The van der Waals surface area contributed by atoms with Gasteiger partial charge in [0.05, 0.1) is 13.2 Å². The molecular formula is C14H28N2O2. The molecule has 1 aliphatic rings. The van der Waals surface area contributed by atoms with Gasteiger partial charge in [-0.05, 0) is 25.7 Å². The second kappa shape index (κ2) is 7.74. The summed E-state index contributed by atoms with van der Waals surface area (Å²) in [5.41, 5.74) is -0.150. The Hall–Kier alpha value is -0.610. The van der Waals surface area contributed by atoms with E-state index in [1.54, 1.807) is 0 Å². The third kappa shape index (κ3) is 4.58. The number of amides is 1. The van der Waals surface area contributed by atoms with E-state index in [0.717, 1.165) is 12.8 Å². The van der Waals surface area contributed by atoms with E-state index in [0.29, 0.717) is 19.1 Å². The van der Waals surface area contributed by atoms with Crippen LogP contribution in [0.5, 0.6) is 0 Å². The van der Waals surface area contributed by atoms with Crippen molar-refractivity contribution >= 4 is 5.91 Å². The predicted octanol–water partition coefficient (Wildman–Crippen LogP) is 1.43. The first-order chi connectivity index (χ1) is 8.65. The van der Waals surface area contributed by atoms with E-state index in [1.165, 1.54) is 25.7 Å². The van der Waals surface area contributed by atoms with Crippen molar-refractivity contribution in [2.45, 2.75) is 58.4 Å². The standard InChI is InChI=1S/C14H28N2O2/c1-3-14(4-2,11-17)10-16-13(18)9-15-12-7-5-6-8-12/h12,15,17H,3-11H2,1-2H3,(H,16,18). The molecule has 18 heavy (non-hydrogen) atoms. The van der Waals surface area contributed by atoms with Gasteiger partial charge in [-0.25, -0.2) is 0 Å². The van der Waals surface area contributed by atoms with E-state index >= 15 is 0 Å². The van der Waals surface area contributed by atoms with Crippen LogP contribution in [0.25, 0.3) is 0 Å². The maximum Gasteiger partial charge on any atom is 0.233 e. The van der Waals surface area contributed by atoms with Crippen molar-refractivity contribution in [3.63, 3.8) is 0 Å². The number of nitrogens with one attached hydrogen (secondary N) is 2. The van der Waals surface area contributed by atoms with Crippen molar-refractivity contribution < 1.29 is 9.90 Å². The van der Waals surface area contributed by atoms with E-state index in [4.69, 9.17) is 0 Å². The summed E-state index contributed by atoms with van der Waals surface area (Å²) in [6.07, 6.45) is 6.71. The Labute approximate surface area is 111 Å². The average molecular weight is 256 g/mol. The summed E-state index contributed by atoms with van der Waals surface area (Å²) in [4.78, 5) is 11.7. The molecule has 4 nitrogen and oxygen atoms in total. The molecule has 0 unspecified atom stereocenters. The molecule has 3 N–H and O–H groups in total. The van der Waals surface area contributed by atoms with Crippen molar-refractivity contribution in [2.24, 2.45) is 5.41 Å². The van der Waals surface area contributed by atoms with Crippen LogP contribution in [-0.4, -0.2) is 36.8 Å². The highest BCUT2D eigenvalue weighted by Gasteiger charge is 2.25. The fourth-order valence-corrected chi connectivity index (χ4v) is 2.50. The van der Waals surface area contributed by atoms with Gasteiger partial charge < -0.3 is 15.7 Å². The van der Waals surface area contributed by atoms with Gasteiger partial charge in [-0.3, -0.25) is 4.79 Å². The molecule has 106 valence electrons. The molecule has 0 bridgehead atoms. The molecule has 0 atom stereocenters. The Morgan fingerprint density at radius 1 is 1.28 bits per heavy atom. The molecular weight excluding hydrogens is 228 g/mol. The maximum absolute atomic E-state index is 11.7. The zero-order valence-corrected chi connectivity index (χ0v) is 11.8. The monoisotopic (exact) mass is 256 g/mol. The number of aliphatic hydroxyl groups excluding tert-OH is 1. The SMILES string of the molecule is CCC(CC)(CO)CNC(=O)CNC1CCCC1. The summed E-state index contributed by atoms with van der Waals surface area (Å²) in [5.74, 6) is 0.0432. The normalized spacial score (nSPS) is 17.1. The molecule has 1 amide bonds. The average Bonchev–Trinajstić information content (AvgIpc) is 2.92. The lowest BCUT2D eigenvalue weighted by atomic mass is 9.83. The number of carbonyl (C=O) groups excluding carboxylic acids is 1. The van der Waals surface area contributed by atoms with Crippen LogP contribution >= 0.6 is 0 Å². The van der Waals surface area contributed by atoms with Crippen molar-refractivity contribution in [3.8, 4) is 0 Å². The smallest absolute Gasteiger partial charge is 0.233 e. The lowest BCUT2D eigenvalue weighted by molar-refractivity contribution is -0.121. The molecule has 4 heteroatoms. The van der Waals surface area contributed by atoms with E-state index < -0.39 is 0 Å². The van der Waals surface area contributed by atoms with Gasteiger partial charge in [0, 0.05) is 18.0 Å². The third-order valence-corrected chi connectivity index (χ3v) is 4.40. The van der Waals surface area contributed by atoms with Crippen LogP contribution in [0.4, 0.5) is 0 Å². The Balaban J connectivity index is 2.22. The maximum atomic E-state index is 11.7. The summed E-state index contributed by atoms with van der Waals surface area (Å²) < 4.78 is 0. The van der Waals surface area contributed by atoms with Crippen LogP contribution in [-0.2, 0) is 4.79 Å². The minimum atomic E-state index is -0.150. The molecule has 0 radical (unpaired) electrons. The molecule has 0 spiro atoms. The lowest BCUT2D eigenvalue weighted by Gasteiger charge is -2.29. The van der Waals surface area contributed by atoms with Crippen LogP contribution in [0.15, 0.2) is 0 Å². The second-order valence-corrected chi connectivity index (χ2v) is 5.50. The van der Waals surface area contributed by atoms with Gasteiger partial charge in [0.2, 0.25) is 5.91 Å². The molecule has 0 heterocycles. The first-order valence-electron chi connectivity index (χ1n) is 7.26.